The first kappa shape index (κ1) is 18.9. The van der Waals surface area contributed by atoms with Crippen LogP contribution in [0.5, 0.6) is 0 Å². The van der Waals surface area contributed by atoms with Gasteiger partial charge in [0.05, 0.1) is 18.2 Å². The Labute approximate surface area is 162 Å². The van der Waals surface area contributed by atoms with Crippen LogP contribution in [-0.2, 0) is 10.3 Å². The highest BCUT2D eigenvalue weighted by Gasteiger charge is 2.50. The summed E-state index contributed by atoms with van der Waals surface area (Å²) in [4.78, 5) is 14.5. The number of hydrogen-bond donors (Lipinski definition) is 1. The maximum atomic E-state index is 12.7. The van der Waals surface area contributed by atoms with Gasteiger partial charge in [-0.05, 0) is 44.0 Å². The Hall–Kier alpha value is -1.85. The smallest absolute Gasteiger partial charge is 0.411 e. The number of hydrogen-bond acceptors (Lipinski definition) is 3. The number of cyclic esters (lactones) is 1. The largest absolute Gasteiger partial charge is 0.436 e. The fourth-order valence-corrected chi connectivity index (χ4v) is 3.86. The first-order valence-corrected chi connectivity index (χ1v) is 9.52. The molecule has 0 spiro atoms. The van der Waals surface area contributed by atoms with E-state index in [1.165, 1.54) is 0 Å². The van der Waals surface area contributed by atoms with Crippen molar-refractivity contribution < 1.29 is 14.6 Å². The van der Waals surface area contributed by atoms with E-state index in [0.717, 1.165) is 15.6 Å². The first-order valence-electron chi connectivity index (χ1n) is 8.73. The molecular weight excluding hydrogens is 394 g/mol. The van der Waals surface area contributed by atoms with Gasteiger partial charge in [-0.25, -0.2) is 4.79 Å². The molecule has 2 aromatic carbocycles. The van der Waals surface area contributed by atoms with Crippen molar-refractivity contribution in [2.45, 2.75) is 44.4 Å². The summed E-state index contributed by atoms with van der Waals surface area (Å²) in [5, 5.41) is 10.4. The Morgan fingerprint density at radius 2 is 1.81 bits per heavy atom. The molecule has 4 nitrogen and oxygen atoms in total. The predicted octanol–water partition coefficient (Wildman–Crippen LogP) is 5.02. The van der Waals surface area contributed by atoms with Gasteiger partial charge in [0.25, 0.3) is 0 Å². The molecule has 1 aliphatic heterocycles. The van der Waals surface area contributed by atoms with Crippen LogP contribution in [-0.4, -0.2) is 28.2 Å². The highest BCUT2D eigenvalue weighted by molar-refractivity contribution is 9.10. The minimum absolute atomic E-state index is 0.122. The van der Waals surface area contributed by atoms with Crippen LogP contribution in [0.4, 0.5) is 4.79 Å². The molecule has 1 fully saturated rings. The van der Waals surface area contributed by atoms with Crippen molar-refractivity contribution >= 4 is 22.0 Å². The Kier molecular flexibility index (Phi) is 5.13. The number of ether oxygens (including phenoxy) is 1. The lowest BCUT2D eigenvalue weighted by Crippen LogP contribution is -2.39. The lowest BCUT2D eigenvalue weighted by Gasteiger charge is -2.33. The summed E-state index contributed by atoms with van der Waals surface area (Å²) in [5.41, 5.74) is 0.117. The van der Waals surface area contributed by atoms with Crippen LogP contribution in [0.3, 0.4) is 0 Å². The van der Waals surface area contributed by atoms with Crippen molar-refractivity contribution in [1.29, 1.82) is 0 Å². The van der Waals surface area contributed by atoms with Gasteiger partial charge >= 0.3 is 6.09 Å². The summed E-state index contributed by atoms with van der Waals surface area (Å²) < 4.78 is 6.91. The summed E-state index contributed by atoms with van der Waals surface area (Å²) in [6.07, 6.45) is -0.0206. The zero-order valence-corrected chi connectivity index (χ0v) is 16.9. The number of nitrogens with zero attached hydrogens (tertiary/aromatic N) is 1. The fraction of sp³-hybridized carbons (Fsp3) is 0.381. The lowest BCUT2D eigenvalue weighted by atomic mass is 9.83. The second-order valence-corrected chi connectivity index (χ2v) is 8.49. The van der Waals surface area contributed by atoms with E-state index in [2.05, 4.69) is 15.9 Å². The number of aliphatic hydroxyl groups is 1. The summed E-state index contributed by atoms with van der Waals surface area (Å²) in [6, 6.07) is 17.5. The third kappa shape index (κ3) is 3.94. The third-order valence-electron chi connectivity index (χ3n) is 4.78. The summed E-state index contributed by atoms with van der Waals surface area (Å²) in [6.45, 7) is 5.88. The van der Waals surface area contributed by atoms with Gasteiger partial charge in [0.1, 0.15) is 0 Å². The molecule has 0 bridgehead atoms. The van der Waals surface area contributed by atoms with Crippen molar-refractivity contribution in [3.05, 3.63) is 70.2 Å². The van der Waals surface area contributed by atoms with E-state index in [0.29, 0.717) is 13.0 Å². The predicted molar refractivity (Wildman–Crippen MR) is 105 cm³/mol. The molecular formula is C21H24BrNO3. The van der Waals surface area contributed by atoms with Crippen LogP contribution < -0.4 is 0 Å². The Morgan fingerprint density at radius 1 is 1.19 bits per heavy atom. The zero-order valence-electron chi connectivity index (χ0n) is 15.3. The normalized spacial score (nSPS) is 21.6. The molecule has 2 aromatic rings. The van der Waals surface area contributed by atoms with Crippen LogP contribution in [0.25, 0.3) is 0 Å². The Morgan fingerprint density at radius 3 is 2.38 bits per heavy atom. The molecule has 2 unspecified atom stereocenters. The molecule has 1 N–H and O–H groups in total. The molecule has 0 aliphatic carbocycles. The van der Waals surface area contributed by atoms with Crippen molar-refractivity contribution in [2.75, 3.05) is 6.54 Å². The van der Waals surface area contributed by atoms with E-state index in [1.807, 2.05) is 61.5 Å². The first-order chi connectivity index (χ1) is 12.2. The van der Waals surface area contributed by atoms with Crippen molar-refractivity contribution in [2.24, 2.45) is 0 Å². The Balaban J connectivity index is 1.94. The van der Waals surface area contributed by atoms with Crippen molar-refractivity contribution in [3.8, 4) is 0 Å². The SMILES string of the molecule is CC(c1ccc(Br)cc1)N1CC(CC(C)(C)O)(c2ccccc2)OC1=O. The molecule has 1 amide bonds. The molecule has 26 heavy (non-hydrogen) atoms. The van der Waals surface area contributed by atoms with Crippen LogP contribution >= 0.6 is 15.9 Å². The maximum absolute atomic E-state index is 12.7. The van der Waals surface area contributed by atoms with Crippen molar-refractivity contribution in [3.63, 3.8) is 0 Å². The minimum Gasteiger partial charge on any atom is -0.436 e. The van der Waals surface area contributed by atoms with Gasteiger partial charge in [-0.1, -0.05) is 58.4 Å². The number of halogens is 1. The number of rotatable bonds is 5. The maximum Gasteiger partial charge on any atom is 0.411 e. The van der Waals surface area contributed by atoms with E-state index >= 15 is 0 Å². The average molecular weight is 418 g/mol. The molecule has 0 aromatic heterocycles. The minimum atomic E-state index is -0.965. The van der Waals surface area contributed by atoms with Gasteiger partial charge in [-0.2, -0.15) is 0 Å². The standard InChI is InChI=1S/C21H24BrNO3/c1-15(16-9-11-18(22)12-10-16)23-14-21(26-19(23)24,13-20(2,3)25)17-7-5-4-6-8-17/h4-12,15,25H,13-14H2,1-3H3. The van der Waals surface area contributed by atoms with Gasteiger partial charge in [-0.15, -0.1) is 0 Å². The van der Waals surface area contributed by atoms with Gasteiger partial charge in [0.15, 0.2) is 5.60 Å². The van der Waals surface area contributed by atoms with Crippen LogP contribution in [0.1, 0.15) is 44.4 Å². The second-order valence-electron chi connectivity index (χ2n) is 7.57. The quantitative estimate of drug-likeness (QED) is 0.742. The highest BCUT2D eigenvalue weighted by Crippen LogP contribution is 2.42. The monoisotopic (exact) mass is 417 g/mol. The highest BCUT2D eigenvalue weighted by atomic mass is 79.9. The molecule has 138 valence electrons. The molecule has 5 heteroatoms. The van der Waals surface area contributed by atoms with Crippen LogP contribution in [0.2, 0.25) is 0 Å². The van der Waals surface area contributed by atoms with E-state index in [1.54, 1.807) is 18.7 Å². The van der Waals surface area contributed by atoms with E-state index in [4.69, 9.17) is 4.74 Å². The summed E-state index contributed by atoms with van der Waals surface area (Å²) >= 11 is 3.44. The summed E-state index contributed by atoms with van der Waals surface area (Å²) in [7, 11) is 0. The molecule has 0 radical (unpaired) electrons. The van der Waals surface area contributed by atoms with E-state index in [-0.39, 0.29) is 12.1 Å². The summed E-state index contributed by atoms with van der Waals surface area (Å²) in [5.74, 6) is 0. The van der Waals surface area contributed by atoms with Crippen LogP contribution in [0, 0.1) is 0 Å². The van der Waals surface area contributed by atoms with Gasteiger partial charge in [0.2, 0.25) is 0 Å². The fourth-order valence-electron chi connectivity index (χ4n) is 3.60. The number of benzene rings is 2. The molecule has 3 rings (SSSR count). The molecule has 1 saturated heterocycles. The zero-order chi connectivity index (χ0) is 18.9. The average Bonchev–Trinajstić information content (AvgIpc) is 2.91. The van der Waals surface area contributed by atoms with Gasteiger partial charge < -0.3 is 9.84 Å². The van der Waals surface area contributed by atoms with E-state index < -0.39 is 11.2 Å². The topological polar surface area (TPSA) is 49.8 Å². The second kappa shape index (κ2) is 7.05. The molecule has 1 aliphatic rings. The number of carbonyl (C=O) groups excluding carboxylic acids is 1. The molecule has 1 heterocycles. The van der Waals surface area contributed by atoms with Crippen LogP contribution in [0.15, 0.2) is 59.1 Å². The van der Waals surface area contributed by atoms with E-state index in [9.17, 15) is 9.90 Å². The molecule has 2 atom stereocenters. The molecule has 0 saturated carbocycles. The number of amides is 1. The third-order valence-corrected chi connectivity index (χ3v) is 5.31. The van der Waals surface area contributed by atoms with Gasteiger partial charge in [-0.3, -0.25) is 4.90 Å². The number of carbonyl (C=O) groups is 1. The van der Waals surface area contributed by atoms with Gasteiger partial charge in [0, 0.05) is 10.9 Å². The van der Waals surface area contributed by atoms with Crippen molar-refractivity contribution in [1.82, 2.24) is 4.90 Å². The lowest BCUT2D eigenvalue weighted by molar-refractivity contribution is -0.0327. The Bertz CT molecular complexity index is 770.